The van der Waals surface area contributed by atoms with Crippen molar-refractivity contribution in [3.63, 3.8) is 0 Å². The van der Waals surface area contributed by atoms with Gasteiger partial charge in [0.25, 0.3) is 0 Å². The molecule has 0 radical (unpaired) electrons. The van der Waals surface area contributed by atoms with Crippen LogP contribution in [-0.4, -0.2) is 43.3 Å². The maximum Gasteiger partial charge on any atom is 0.326 e. The highest BCUT2D eigenvalue weighted by Crippen LogP contribution is 2.19. The van der Waals surface area contributed by atoms with Crippen LogP contribution in [0.5, 0.6) is 0 Å². The van der Waals surface area contributed by atoms with Gasteiger partial charge in [-0.3, -0.25) is 4.79 Å². The first-order valence-electron chi connectivity index (χ1n) is 5.50. The van der Waals surface area contributed by atoms with Crippen LogP contribution in [0.1, 0.15) is 18.7 Å². The van der Waals surface area contributed by atoms with Crippen molar-refractivity contribution >= 4 is 32.5 Å². The van der Waals surface area contributed by atoms with Crippen molar-refractivity contribution in [2.24, 2.45) is 5.73 Å². The van der Waals surface area contributed by atoms with Gasteiger partial charge in [0.05, 0.1) is 11.4 Å². The Morgan fingerprint density at radius 3 is 2.89 bits per heavy atom. The molecule has 1 atom stereocenters. The van der Waals surface area contributed by atoms with Crippen LogP contribution in [-0.2, 0) is 14.8 Å². The van der Waals surface area contributed by atoms with Gasteiger partial charge in [-0.15, -0.1) is 11.3 Å². The summed E-state index contributed by atoms with van der Waals surface area (Å²) in [6.45, 7) is 2.23. The van der Waals surface area contributed by atoms with Crippen LogP contribution in [0, 0.1) is 0 Å². The Labute approximate surface area is 115 Å². The summed E-state index contributed by atoms with van der Waals surface area (Å²) in [5.41, 5.74) is 5.64. The molecule has 0 aliphatic heterocycles. The lowest BCUT2D eigenvalue weighted by molar-refractivity contribution is -0.138. The first kappa shape index (κ1) is 15.8. The fourth-order valence-corrected chi connectivity index (χ4v) is 2.95. The number of thiazole rings is 1. The molecule has 0 fully saturated rings. The van der Waals surface area contributed by atoms with Gasteiger partial charge in [-0.05, 0) is 0 Å². The van der Waals surface area contributed by atoms with Crippen molar-refractivity contribution in [3.8, 4) is 0 Å². The second kappa shape index (κ2) is 6.80. The number of hydrogen-bond acceptors (Lipinski definition) is 7. The molecular formula is C9H16N4O4S2. The lowest BCUT2D eigenvalue weighted by Gasteiger charge is -2.05. The molecule has 0 bridgehead atoms. The number of carboxylic acids is 1. The average Bonchev–Trinajstić information content (AvgIpc) is 2.76. The van der Waals surface area contributed by atoms with E-state index >= 15 is 0 Å². The highest BCUT2D eigenvalue weighted by molar-refractivity contribution is 7.89. The smallest absolute Gasteiger partial charge is 0.326 e. The number of anilines is 1. The van der Waals surface area contributed by atoms with Gasteiger partial charge in [-0.25, -0.2) is 18.1 Å². The summed E-state index contributed by atoms with van der Waals surface area (Å²) in [5, 5.41) is 13.5. The summed E-state index contributed by atoms with van der Waals surface area (Å²) in [6.07, 6.45) is 0. The number of carbonyl (C=O) groups is 1. The van der Waals surface area contributed by atoms with Crippen molar-refractivity contribution in [3.05, 3.63) is 11.1 Å². The summed E-state index contributed by atoms with van der Waals surface area (Å²) >= 11 is 1.18. The first-order valence-corrected chi connectivity index (χ1v) is 8.04. The Bertz CT molecular complexity index is 528. The summed E-state index contributed by atoms with van der Waals surface area (Å²) in [4.78, 5) is 14.6. The van der Waals surface area contributed by atoms with Crippen LogP contribution in [0.2, 0.25) is 0 Å². The Balaban J connectivity index is 2.49. The number of aromatic nitrogens is 1. The molecule has 1 unspecified atom stereocenters. The van der Waals surface area contributed by atoms with Crippen molar-refractivity contribution in [1.82, 2.24) is 9.71 Å². The van der Waals surface area contributed by atoms with Gasteiger partial charge < -0.3 is 16.2 Å². The third-order valence-electron chi connectivity index (χ3n) is 2.12. The monoisotopic (exact) mass is 308 g/mol. The van der Waals surface area contributed by atoms with Gasteiger partial charge in [-0.1, -0.05) is 6.92 Å². The summed E-state index contributed by atoms with van der Waals surface area (Å²) in [7, 11) is -3.28. The topological polar surface area (TPSA) is 134 Å². The van der Waals surface area contributed by atoms with Crippen LogP contribution >= 0.6 is 11.3 Å². The van der Waals surface area contributed by atoms with E-state index in [0.717, 1.165) is 0 Å². The zero-order chi connectivity index (χ0) is 14.5. The molecule has 1 aromatic heterocycles. The minimum absolute atomic E-state index is 0.0826. The first-order chi connectivity index (χ1) is 8.85. The van der Waals surface area contributed by atoms with E-state index < -0.39 is 22.0 Å². The van der Waals surface area contributed by atoms with E-state index in [-0.39, 0.29) is 18.0 Å². The normalized spacial score (nSPS) is 13.2. The fourth-order valence-electron chi connectivity index (χ4n) is 1.22. The minimum Gasteiger partial charge on any atom is -0.480 e. The van der Waals surface area contributed by atoms with Crippen LogP contribution in [0.15, 0.2) is 5.38 Å². The Morgan fingerprint density at radius 2 is 2.32 bits per heavy atom. The quantitative estimate of drug-likeness (QED) is 0.512. The van der Waals surface area contributed by atoms with Crippen LogP contribution in [0.25, 0.3) is 0 Å². The second-order valence-corrected chi connectivity index (χ2v) is 6.42. The van der Waals surface area contributed by atoms with Gasteiger partial charge in [0.2, 0.25) is 10.0 Å². The van der Waals surface area contributed by atoms with E-state index in [4.69, 9.17) is 10.8 Å². The highest BCUT2D eigenvalue weighted by Gasteiger charge is 2.17. The third-order valence-corrected chi connectivity index (χ3v) is 4.41. The van der Waals surface area contributed by atoms with Crippen LogP contribution < -0.4 is 15.8 Å². The Hall–Kier alpha value is -1.23. The zero-order valence-corrected chi connectivity index (χ0v) is 11.9. The molecule has 0 aliphatic carbocycles. The third kappa shape index (κ3) is 5.11. The molecule has 0 aliphatic rings. The predicted octanol–water partition coefficient (Wildman–Crippen LogP) is -0.421. The molecule has 5 N–H and O–H groups in total. The van der Waals surface area contributed by atoms with Gasteiger partial charge in [0.15, 0.2) is 5.13 Å². The summed E-state index contributed by atoms with van der Waals surface area (Å²) in [5.74, 6) is -1.24. The van der Waals surface area contributed by atoms with E-state index in [1.807, 2.05) is 0 Å². The van der Waals surface area contributed by atoms with E-state index in [1.54, 1.807) is 6.92 Å². The standard InChI is InChI=1S/C9H16N4O4S2/c1-2-12-19(16,17)4-3-11-9-13-6(5-18-9)7(10)8(14)15/h5,7,12H,2-4,10H2,1H3,(H,11,13)(H,14,15). The molecule has 0 amide bonds. The van der Waals surface area contributed by atoms with E-state index in [1.165, 1.54) is 16.7 Å². The lowest BCUT2D eigenvalue weighted by atomic mass is 10.2. The molecule has 0 spiro atoms. The van der Waals surface area contributed by atoms with Gasteiger partial charge in [0.1, 0.15) is 6.04 Å². The molecule has 0 saturated carbocycles. The van der Waals surface area contributed by atoms with E-state index in [9.17, 15) is 13.2 Å². The summed E-state index contributed by atoms with van der Waals surface area (Å²) < 4.78 is 25.1. The second-order valence-electron chi connectivity index (χ2n) is 3.64. The molecule has 8 nitrogen and oxygen atoms in total. The largest absolute Gasteiger partial charge is 0.480 e. The van der Waals surface area contributed by atoms with E-state index in [0.29, 0.717) is 11.7 Å². The molecular weight excluding hydrogens is 292 g/mol. The summed E-state index contributed by atoms with van der Waals surface area (Å²) in [6, 6.07) is -1.17. The SMILES string of the molecule is CCNS(=O)(=O)CCNc1nc(C(N)C(=O)O)cs1. The molecule has 1 heterocycles. The Morgan fingerprint density at radius 1 is 1.63 bits per heavy atom. The van der Waals surface area contributed by atoms with Crippen molar-refractivity contribution < 1.29 is 18.3 Å². The van der Waals surface area contributed by atoms with Gasteiger partial charge in [0, 0.05) is 18.5 Å². The molecule has 0 aromatic carbocycles. The maximum atomic E-state index is 11.4. The van der Waals surface area contributed by atoms with Gasteiger partial charge >= 0.3 is 5.97 Å². The number of sulfonamides is 1. The maximum absolute atomic E-state index is 11.4. The van der Waals surface area contributed by atoms with Crippen LogP contribution in [0.3, 0.4) is 0 Å². The number of rotatable bonds is 8. The minimum atomic E-state index is -3.28. The molecule has 19 heavy (non-hydrogen) atoms. The lowest BCUT2D eigenvalue weighted by Crippen LogP contribution is -2.29. The van der Waals surface area contributed by atoms with Crippen LogP contribution in [0.4, 0.5) is 5.13 Å². The number of carboxylic acid groups (broad SMARTS) is 1. The van der Waals surface area contributed by atoms with Crippen molar-refractivity contribution in [1.29, 1.82) is 0 Å². The fraction of sp³-hybridized carbons (Fsp3) is 0.556. The Kier molecular flexibility index (Phi) is 5.66. The average molecular weight is 308 g/mol. The predicted molar refractivity (Wildman–Crippen MR) is 72.6 cm³/mol. The number of hydrogen-bond donors (Lipinski definition) is 4. The molecule has 108 valence electrons. The zero-order valence-electron chi connectivity index (χ0n) is 10.3. The number of nitrogens with one attached hydrogen (secondary N) is 2. The molecule has 10 heteroatoms. The van der Waals surface area contributed by atoms with Gasteiger partial charge in [-0.2, -0.15) is 0 Å². The molecule has 1 rings (SSSR count). The van der Waals surface area contributed by atoms with Crippen molar-refractivity contribution in [2.75, 3.05) is 24.2 Å². The number of nitrogens with two attached hydrogens (primary N) is 1. The number of nitrogens with zero attached hydrogens (tertiary/aromatic N) is 1. The van der Waals surface area contributed by atoms with Crippen molar-refractivity contribution in [2.45, 2.75) is 13.0 Å². The molecule has 1 aromatic rings. The van der Waals surface area contributed by atoms with E-state index in [2.05, 4.69) is 15.0 Å². The molecule has 0 saturated heterocycles. The highest BCUT2D eigenvalue weighted by atomic mass is 32.2. The number of aliphatic carboxylic acids is 1.